The van der Waals surface area contributed by atoms with Crippen LogP contribution in [0.1, 0.15) is 0 Å². The van der Waals surface area contributed by atoms with Gasteiger partial charge in [0, 0.05) is 5.56 Å². The van der Waals surface area contributed by atoms with E-state index in [9.17, 15) is 5.11 Å². The summed E-state index contributed by atoms with van der Waals surface area (Å²) in [5.41, 5.74) is 2.19. The molecule has 0 fully saturated rings. The van der Waals surface area contributed by atoms with E-state index in [1.165, 1.54) is 18.6 Å². The first-order valence-corrected chi connectivity index (χ1v) is 8.40. The quantitative estimate of drug-likeness (QED) is 0.705. The van der Waals surface area contributed by atoms with E-state index in [2.05, 4.69) is 9.59 Å². The van der Waals surface area contributed by atoms with Crippen LogP contribution in [0.4, 0.5) is 0 Å². The van der Waals surface area contributed by atoms with E-state index in [4.69, 9.17) is 18.9 Å². The standard InChI is InChI=1S/C18H18N2O5S/c1-22-13-6-5-10(7-12(13)21)18-16(19-20-26-18)11-8-14(23-2)17(25-4)15(9-11)24-3/h5-9,21H,1-4H3. The smallest absolute Gasteiger partial charge is 0.203 e. The van der Waals surface area contributed by atoms with Gasteiger partial charge in [-0.15, -0.1) is 5.10 Å². The molecule has 0 aliphatic heterocycles. The number of aromatic hydroxyl groups is 1. The second-order valence-corrected chi connectivity index (χ2v) is 6.01. The van der Waals surface area contributed by atoms with Crippen LogP contribution in [0.5, 0.6) is 28.7 Å². The SMILES string of the molecule is COc1ccc(-c2snnc2-c2cc(OC)c(OC)c(OC)c2)cc1O. The summed E-state index contributed by atoms with van der Waals surface area (Å²) < 4.78 is 25.3. The number of nitrogens with zero attached hydrogens (tertiary/aromatic N) is 2. The van der Waals surface area contributed by atoms with Crippen LogP contribution in [-0.4, -0.2) is 43.1 Å². The van der Waals surface area contributed by atoms with Crippen molar-refractivity contribution in [1.29, 1.82) is 0 Å². The van der Waals surface area contributed by atoms with E-state index < -0.39 is 0 Å². The van der Waals surface area contributed by atoms with Gasteiger partial charge in [-0.1, -0.05) is 4.49 Å². The van der Waals surface area contributed by atoms with Crippen LogP contribution in [0.3, 0.4) is 0 Å². The molecule has 7 nitrogen and oxygen atoms in total. The van der Waals surface area contributed by atoms with Crippen molar-refractivity contribution in [2.24, 2.45) is 0 Å². The van der Waals surface area contributed by atoms with E-state index in [0.29, 0.717) is 28.7 Å². The monoisotopic (exact) mass is 374 g/mol. The van der Waals surface area contributed by atoms with Gasteiger partial charge in [0.05, 0.1) is 33.3 Å². The van der Waals surface area contributed by atoms with Crippen molar-refractivity contribution in [3.05, 3.63) is 30.3 Å². The lowest BCUT2D eigenvalue weighted by atomic mass is 10.1. The number of benzene rings is 2. The Morgan fingerprint density at radius 2 is 1.46 bits per heavy atom. The van der Waals surface area contributed by atoms with Gasteiger partial charge in [-0.25, -0.2) is 0 Å². The van der Waals surface area contributed by atoms with Gasteiger partial charge in [0.15, 0.2) is 23.0 Å². The van der Waals surface area contributed by atoms with Crippen LogP contribution >= 0.6 is 11.5 Å². The van der Waals surface area contributed by atoms with Gasteiger partial charge in [0.2, 0.25) is 5.75 Å². The summed E-state index contributed by atoms with van der Waals surface area (Å²) in [4.78, 5) is 0.803. The predicted octanol–water partition coefficient (Wildman–Crippen LogP) is 3.61. The Hall–Kier alpha value is -3.00. The highest BCUT2D eigenvalue weighted by Gasteiger charge is 2.19. The van der Waals surface area contributed by atoms with Gasteiger partial charge >= 0.3 is 0 Å². The zero-order chi connectivity index (χ0) is 18.7. The molecule has 2 aromatic carbocycles. The summed E-state index contributed by atoms with van der Waals surface area (Å²) in [5, 5.41) is 14.3. The average molecular weight is 374 g/mol. The predicted molar refractivity (Wildman–Crippen MR) is 98.7 cm³/mol. The van der Waals surface area contributed by atoms with Crippen molar-refractivity contribution in [2.45, 2.75) is 0 Å². The molecule has 1 aromatic heterocycles. The van der Waals surface area contributed by atoms with Crippen LogP contribution in [0.25, 0.3) is 21.7 Å². The lowest BCUT2D eigenvalue weighted by Gasteiger charge is -2.14. The molecule has 0 aliphatic carbocycles. The number of ether oxygens (including phenoxy) is 4. The summed E-state index contributed by atoms with van der Waals surface area (Å²) in [7, 11) is 6.17. The minimum atomic E-state index is 0.0502. The molecule has 136 valence electrons. The topological polar surface area (TPSA) is 82.9 Å². The normalized spacial score (nSPS) is 10.5. The largest absolute Gasteiger partial charge is 0.504 e. The third-order valence-corrected chi connectivity index (χ3v) is 4.64. The Morgan fingerprint density at radius 1 is 0.808 bits per heavy atom. The van der Waals surface area contributed by atoms with Crippen molar-refractivity contribution in [2.75, 3.05) is 28.4 Å². The Labute approximate surface area is 154 Å². The molecule has 1 N–H and O–H groups in total. The highest BCUT2D eigenvalue weighted by molar-refractivity contribution is 7.09. The highest BCUT2D eigenvalue weighted by Crippen LogP contribution is 2.44. The van der Waals surface area contributed by atoms with Crippen molar-refractivity contribution in [3.63, 3.8) is 0 Å². The molecule has 8 heteroatoms. The molecule has 0 spiro atoms. The number of rotatable bonds is 6. The Morgan fingerprint density at radius 3 is 2.00 bits per heavy atom. The van der Waals surface area contributed by atoms with E-state index in [1.807, 2.05) is 18.2 Å². The first kappa shape index (κ1) is 17.8. The lowest BCUT2D eigenvalue weighted by molar-refractivity contribution is 0.324. The molecule has 0 bridgehead atoms. The Balaban J connectivity index is 2.13. The number of methoxy groups -OCH3 is 4. The van der Waals surface area contributed by atoms with Gasteiger partial charge in [0.25, 0.3) is 0 Å². The van der Waals surface area contributed by atoms with Crippen LogP contribution in [0.2, 0.25) is 0 Å². The number of aromatic nitrogens is 2. The molecule has 1 heterocycles. The molecule has 3 rings (SSSR count). The molecule has 0 saturated carbocycles. The average Bonchev–Trinajstić information content (AvgIpc) is 3.16. The van der Waals surface area contributed by atoms with Crippen LogP contribution in [0, 0.1) is 0 Å². The van der Waals surface area contributed by atoms with Crippen LogP contribution in [-0.2, 0) is 0 Å². The number of hydrogen-bond acceptors (Lipinski definition) is 8. The molecular weight excluding hydrogens is 356 g/mol. The van der Waals surface area contributed by atoms with Gasteiger partial charge in [-0.05, 0) is 47.4 Å². The number of phenolic OH excluding ortho intramolecular Hbond substituents is 1. The third-order valence-electron chi connectivity index (χ3n) is 3.87. The summed E-state index contributed by atoms with van der Waals surface area (Å²) in [5.74, 6) is 2.01. The zero-order valence-corrected chi connectivity index (χ0v) is 15.6. The van der Waals surface area contributed by atoms with Crippen LogP contribution < -0.4 is 18.9 Å². The second-order valence-electron chi connectivity index (χ2n) is 5.25. The fourth-order valence-electron chi connectivity index (χ4n) is 2.62. The minimum Gasteiger partial charge on any atom is -0.504 e. The van der Waals surface area contributed by atoms with Crippen molar-refractivity contribution in [1.82, 2.24) is 9.59 Å². The summed E-state index contributed by atoms with van der Waals surface area (Å²) >= 11 is 1.23. The van der Waals surface area contributed by atoms with Crippen molar-refractivity contribution in [3.8, 4) is 50.4 Å². The molecule has 0 saturated heterocycles. The lowest BCUT2D eigenvalue weighted by Crippen LogP contribution is -1.96. The fraction of sp³-hybridized carbons (Fsp3) is 0.222. The Kier molecular flexibility index (Phi) is 5.13. The molecule has 0 aliphatic rings. The van der Waals surface area contributed by atoms with Gasteiger partial charge < -0.3 is 24.1 Å². The molecule has 0 unspecified atom stereocenters. The van der Waals surface area contributed by atoms with Gasteiger partial charge in [-0.2, -0.15) is 0 Å². The van der Waals surface area contributed by atoms with Crippen LogP contribution in [0.15, 0.2) is 30.3 Å². The highest BCUT2D eigenvalue weighted by atomic mass is 32.1. The third kappa shape index (κ3) is 3.11. The second kappa shape index (κ2) is 7.49. The molecular formula is C18H18N2O5S. The fourth-order valence-corrected chi connectivity index (χ4v) is 3.30. The maximum Gasteiger partial charge on any atom is 0.203 e. The van der Waals surface area contributed by atoms with Gasteiger partial charge in [-0.3, -0.25) is 0 Å². The van der Waals surface area contributed by atoms with Crippen molar-refractivity contribution < 1.29 is 24.1 Å². The molecule has 3 aromatic rings. The molecule has 0 amide bonds. The molecule has 0 radical (unpaired) electrons. The minimum absolute atomic E-state index is 0.0502. The Bertz CT molecular complexity index is 901. The summed E-state index contributed by atoms with van der Waals surface area (Å²) in [6, 6.07) is 8.78. The summed E-state index contributed by atoms with van der Waals surface area (Å²) in [6.07, 6.45) is 0. The zero-order valence-electron chi connectivity index (χ0n) is 14.8. The number of phenols is 1. The van der Waals surface area contributed by atoms with E-state index in [0.717, 1.165) is 16.0 Å². The van der Waals surface area contributed by atoms with Crippen molar-refractivity contribution >= 4 is 11.5 Å². The van der Waals surface area contributed by atoms with E-state index >= 15 is 0 Å². The van der Waals surface area contributed by atoms with Gasteiger partial charge in [0.1, 0.15) is 5.69 Å². The molecule has 26 heavy (non-hydrogen) atoms. The van der Waals surface area contributed by atoms with E-state index in [-0.39, 0.29) is 5.75 Å². The number of hydrogen-bond donors (Lipinski definition) is 1. The first-order valence-electron chi connectivity index (χ1n) is 7.63. The first-order chi connectivity index (χ1) is 12.6. The maximum atomic E-state index is 10.1. The molecule has 0 atom stereocenters. The van der Waals surface area contributed by atoms with E-state index in [1.54, 1.807) is 33.5 Å². The summed E-state index contributed by atoms with van der Waals surface area (Å²) in [6.45, 7) is 0. The maximum absolute atomic E-state index is 10.1.